The molecule has 1 aromatic carbocycles. The topological polar surface area (TPSA) is 34.0 Å². The number of carbonyl (C=O) groups is 1. The van der Waals surface area contributed by atoms with Crippen molar-refractivity contribution in [3.63, 3.8) is 0 Å². The van der Waals surface area contributed by atoms with Crippen LogP contribution in [0, 0.1) is 0 Å². The fraction of sp³-hybridized carbons (Fsp3) is 0.250. The van der Waals surface area contributed by atoms with Crippen LogP contribution in [-0.2, 0) is 6.54 Å². The first kappa shape index (κ1) is 9.77. The minimum absolute atomic E-state index is 0.0342. The molecule has 0 radical (unpaired) electrons. The van der Waals surface area contributed by atoms with Gasteiger partial charge in [0, 0.05) is 24.5 Å². The third kappa shape index (κ3) is 1.50. The Morgan fingerprint density at radius 3 is 2.80 bits per heavy atom. The van der Waals surface area contributed by atoms with Crippen LogP contribution in [0.25, 0.3) is 10.9 Å². The molecule has 0 bridgehead atoms. The zero-order chi connectivity index (χ0) is 10.8. The number of hydrogen-bond donors (Lipinski definition) is 1. The zero-order valence-corrected chi connectivity index (χ0v) is 8.95. The van der Waals surface area contributed by atoms with Crippen LogP contribution < -0.4 is 5.32 Å². The van der Waals surface area contributed by atoms with Gasteiger partial charge in [-0.2, -0.15) is 0 Å². The first-order valence-electron chi connectivity index (χ1n) is 5.08. The number of nitrogens with one attached hydrogen (secondary N) is 1. The Hall–Kier alpha value is -1.77. The summed E-state index contributed by atoms with van der Waals surface area (Å²) in [6.45, 7) is 2.84. The fourth-order valence-corrected chi connectivity index (χ4v) is 1.87. The molecule has 2 rings (SSSR count). The molecule has 0 spiro atoms. The number of fused-ring (bicyclic) bond motifs is 1. The molecule has 0 aliphatic carbocycles. The Bertz CT molecular complexity index is 499. The lowest BCUT2D eigenvalue weighted by atomic mass is 10.2. The molecule has 0 aliphatic rings. The number of para-hydroxylation sites is 1. The third-order valence-corrected chi connectivity index (χ3v) is 2.59. The molecule has 0 fully saturated rings. The standard InChI is InChI=1S/C12H14N2O/c1-3-14-10-7-5-4-6-9(10)8-11(14)12(15)13-2/h4-8H,3H2,1-2H3,(H,13,15). The van der Waals surface area contributed by atoms with E-state index in [2.05, 4.69) is 5.32 Å². The van der Waals surface area contributed by atoms with Gasteiger partial charge in [-0.25, -0.2) is 0 Å². The summed E-state index contributed by atoms with van der Waals surface area (Å²) in [5.41, 5.74) is 1.83. The summed E-state index contributed by atoms with van der Waals surface area (Å²) in [5, 5.41) is 3.77. The summed E-state index contributed by atoms with van der Waals surface area (Å²) in [4.78, 5) is 11.6. The number of aryl methyl sites for hydroxylation is 1. The second-order valence-electron chi connectivity index (χ2n) is 3.41. The molecule has 0 saturated carbocycles. The molecule has 1 N–H and O–H groups in total. The van der Waals surface area contributed by atoms with Gasteiger partial charge in [-0.1, -0.05) is 18.2 Å². The molecule has 0 saturated heterocycles. The number of benzene rings is 1. The van der Waals surface area contributed by atoms with Crippen LogP contribution in [-0.4, -0.2) is 17.5 Å². The van der Waals surface area contributed by atoms with E-state index in [0.29, 0.717) is 0 Å². The van der Waals surface area contributed by atoms with E-state index in [1.54, 1.807) is 7.05 Å². The van der Waals surface area contributed by atoms with Gasteiger partial charge in [-0.05, 0) is 19.1 Å². The van der Waals surface area contributed by atoms with Crippen LogP contribution >= 0.6 is 0 Å². The van der Waals surface area contributed by atoms with E-state index in [4.69, 9.17) is 0 Å². The Labute approximate surface area is 88.7 Å². The predicted octanol–water partition coefficient (Wildman–Crippen LogP) is 2.02. The smallest absolute Gasteiger partial charge is 0.267 e. The lowest BCUT2D eigenvalue weighted by Crippen LogP contribution is -2.21. The number of amides is 1. The average Bonchev–Trinajstić information content (AvgIpc) is 2.66. The van der Waals surface area contributed by atoms with E-state index in [9.17, 15) is 4.79 Å². The van der Waals surface area contributed by atoms with Crippen LogP contribution in [0.4, 0.5) is 0 Å². The van der Waals surface area contributed by atoms with Gasteiger partial charge in [-0.3, -0.25) is 4.79 Å². The van der Waals surface area contributed by atoms with Crippen molar-refractivity contribution in [2.45, 2.75) is 13.5 Å². The molecule has 1 heterocycles. The van der Waals surface area contributed by atoms with Crippen molar-refractivity contribution >= 4 is 16.8 Å². The van der Waals surface area contributed by atoms with Gasteiger partial charge in [0.05, 0.1) is 0 Å². The highest BCUT2D eigenvalue weighted by Gasteiger charge is 2.12. The van der Waals surface area contributed by atoms with E-state index in [1.807, 2.05) is 41.8 Å². The highest BCUT2D eigenvalue weighted by molar-refractivity contribution is 5.98. The molecular formula is C12H14N2O. The second kappa shape index (κ2) is 3.77. The van der Waals surface area contributed by atoms with E-state index in [0.717, 1.165) is 23.1 Å². The normalized spacial score (nSPS) is 10.5. The maximum absolute atomic E-state index is 11.6. The number of aromatic nitrogens is 1. The Morgan fingerprint density at radius 1 is 1.40 bits per heavy atom. The van der Waals surface area contributed by atoms with Crippen LogP contribution in [0.1, 0.15) is 17.4 Å². The maximum atomic E-state index is 11.6. The molecule has 1 aromatic heterocycles. The lowest BCUT2D eigenvalue weighted by Gasteiger charge is -2.05. The van der Waals surface area contributed by atoms with E-state index < -0.39 is 0 Å². The van der Waals surface area contributed by atoms with Crippen LogP contribution in [0.15, 0.2) is 30.3 Å². The molecule has 78 valence electrons. The monoisotopic (exact) mass is 202 g/mol. The Morgan fingerprint density at radius 2 is 2.13 bits per heavy atom. The minimum Gasteiger partial charge on any atom is -0.354 e. The predicted molar refractivity (Wildman–Crippen MR) is 61.0 cm³/mol. The van der Waals surface area contributed by atoms with Crippen molar-refractivity contribution in [3.05, 3.63) is 36.0 Å². The summed E-state index contributed by atoms with van der Waals surface area (Å²) in [6.07, 6.45) is 0. The van der Waals surface area contributed by atoms with Crippen LogP contribution in [0.2, 0.25) is 0 Å². The molecule has 2 aromatic rings. The molecule has 0 atom stereocenters. The van der Waals surface area contributed by atoms with Crippen molar-refractivity contribution < 1.29 is 4.79 Å². The van der Waals surface area contributed by atoms with Gasteiger partial charge in [0.15, 0.2) is 0 Å². The van der Waals surface area contributed by atoms with Crippen molar-refractivity contribution in [2.75, 3.05) is 7.05 Å². The molecule has 3 heteroatoms. The van der Waals surface area contributed by atoms with Gasteiger partial charge in [-0.15, -0.1) is 0 Å². The van der Waals surface area contributed by atoms with Crippen LogP contribution in [0.5, 0.6) is 0 Å². The van der Waals surface area contributed by atoms with E-state index in [1.165, 1.54) is 0 Å². The van der Waals surface area contributed by atoms with Gasteiger partial charge < -0.3 is 9.88 Å². The average molecular weight is 202 g/mol. The van der Waals surface area contributed by atoms with Gasteiger partial charge in [0.1, 0.15) is 5.69 Å². The molecule has 1 amide bonds. The minimum atomic E-state index is -0.0342. The largest absolute Gasteiger partial charge is 0.354 e. The zero-order valence-electron chi connectivity index (χ0n) is 8.95. The van der Waals surface area contributed by atoms with Gasteiger partial charge >= 0.3 is 0 Å². The quantitative estimate of drug-likeness (QED) is 0.794. The summed E-state index contributed by atoms with van der Waals surface area (Å²) in [6, 6.07) is 9.95. The molecule has 0 aliphatic heterocycles. The Kier molecular flexibility index (Phi) is 2.46. The summed E-state index contributed by atoms with van der Waals surface area (Å²) in [5.74, 6) is -0.0342. The van der Waals surface area contributed by atoms with Crippen molar-refractivity contribution in [3.8, 4) is 0 Å². The van der Waals surface area contributed by atoms with E-state index >= 15 is 0 Å². The number of nitrogens with zero attached hydrogens (tertiary/aromatic N) is 1. The lowest BCUT2D eigenvalue weighted by molar-refractivity contribution is 0.0954. The Balaban J connectivity index is 2.69. The number of rotatable bonds is 2. The highest BCUT2D eigenvalue weighted by Crippen LogP contribution is 2.19. The summed E-state index contributed by atoms with van der Waals surface area (Å²) in [7, 11) is 1.65. The molecule has 3 nitrogen and oxygen atoms in total. The first-order valence-corrected chi connectivity index (χ1v) is 5.08. The molecule has 0 unspecified atom stereocenters. The molecular weight excluding hydrogens is 188 g/mol. The SMILES string of the molecule is CCn1c(C(=O)NC)cc2ccccc21. The number of hydrogen-bond acceptors (Lipinski definition) is 1. The summed E-state index contributed by atoms with van der Waals surface area (Å²) >= 11 is 0. The van der Waals surface area contributed by atoms with E-state index in [-0.39, 0.29) is 5.91 Å². The van der Waals surface area contributed by atoms with Crippen molar-refractivity contribution in [1.82, 2.24) is 9.88 Å². The fourth-order valence-electron chi connectivity index (χ4n) is 1.87. The summed E-state index contributed by atoms with van der Waals surface area (Å²) < 4.78 is 2.02. The highest BCUT2D eigenvalue weighted by atomic mass is 16.1. The van der Waals surface area contributed by atoms with Crippen molar-refractivity contribution in [2.24, 2.45) is 0 Å². The van der Waals surface area contributed by atoms with Crippen molar-refractivity contribution in [1.29, 1.82) is 0 Å². The maximum Gasteiger partial charge on any atom is 0.267 e. The van der Waals surface area contributed by atoms with Gasteiger partial charge in [0.25, 0.3) is 5.91 Å². The number of carbonyl (C=O) groups excluding carboxylic acids is 1. The van der Waals surface area contributed by atoms with Crippen LogP contribution in [0.3, 0.4) is 0 Å². The molecule has 15 heavy (non-hydrogen) atoms. The van der Waals surface area contributed by atoms with Gasteiger partial charge in [0.2, 0.25) is 0 Å². The third-order valence-electron chi connectivity index (χ3n) is 2.59. The first-order chi connectivity index (χ1) is 7.27. The second-order valence-corrected chi connectivity index (χ2v) is 3.41.